The molecule has 2 aromatic carbocycles. The lowest BCUT2D eigenvalue weighted by molar-refractivity contribution is 0.102. The fourth-order valence-electron chi connectivity index (χ4n) is 3.27. The molecule has 1 aromatic heterocycles. The summed E-state index contributed by atoms with van der Waals surface area (Å²) in [6, 6.07) is 12.5. The maximum absolute atomic E-state index is 12.5. The molecule has 1 aliphatic heterocycles. The number of thiazole rings is 1. The second-order valence-corrected chi connectivity index (χ2v) is 8.47. The van der Waals surface area contributed by atoms with Crippen LogP contribution in [0.4, 0.5) is 10.8 Å². The highest BCUT2D eigenvalue weighted by Crippen LogP contribution is 2.30. The summed E-state index contributed by atoms with van der Waals surface area (Å²) in [5, 5.41) is 6.90. The van der Waals surface area contributed by atoms with Crippen molar-refractivity contribution in [1.29, 1.82) is 0 Å². The van der Waals surface area contributed by atoms with E-state index < -0.39 is 0 Å². The Bertz CT molecular complexity index is 979. The first-order valence-corrected chi connectivity index (χ1v) is 10.8. The zero-order chi connectivity index (χ0) is 19.5. The minimum absolute atomic E-state index is 0.256. The number of piperidine rings is 1. The van der Waals surface area contributed by atoms with E-state index >= 15 is 0 Å². The number of rotatable bonds is 4. The fourth-order valence-corrected chi connectivity index (χ4v) is 4.69. The van der Waals surface area contributed by atoms with Crippen LogP contribution in [0.25, 0.3) is 11.3 Å². The van der Waals surface area contributed by atoms with Gasteiger partial charge in [-0.15, -0.1) is 11.3 Å². The summed E-state index contributed by atoms with van der Waals surface area (Å²) in [5.74, 6) is -0.256. The minimum Gasteiger partial charge on any atom is -0.348 e. The van der Waals surface area contributed by atoms with E-state index in [1.165, 1.54) is 19.3 Å². The van der Waals surface area contributed by atoms with Gasteiger partial charge in [0, 0.05) is 45.3 Å². The summed E-state index contributed by atoms with van der Waals surface area (Å²) in [6.07, 6.45) is 3.75. The van der Waals surface area contributed by atoms with Crippen molar-refractivity contribution in [3.8, 4) is 11.3 Å². The molecular formula is C21H19Cl2N3OS. The zero-order valence-electron chi connectivity index (χ0n) is 15.1. The van der Waals surface area contributed by atoms with Crippen molar-refractivity contribution in [2.75, 3.05) is 23.3 Å². The molecule has 0 spiro atoms. The summed E-state index contributed by atoms with van der Waals surface area (Å²) in [5.41, 5.74) is 3.02. The zero-order valence-corrected chi connectivity index (χ0v) is 17.4. The maximum atomic E-state index is 12.5. The summed E-state index contributed by atoms with van der Waals surface area (Å²) in [6.45, 7) is 2.15. The van der Waals surface area contributed by atoms with Crippen LogP contribution in [-0.2, 0) is 0 Å². The summed E-state index contributed by atoms with van der Waals surface area (Å²) < 4.78 is 0. The third kappa shape index (κ3) is 4.49. The Balaban J connectivity index is 1.51. The average Bonchev–Trinajstić information content (AvgIpc) is 3.18. The smallest absolute Gasteiger partial charge is 0.255 e. The molecule has 3 aromatic rings. The molecule has 2 heterocycles. The molecule has 0 unspecified atom stereocenters. The Labute approximate surface area is 178 Å². The Morgan fingerprint density at radius 3 is 2.54 bits per heavy atom. The van der Waals surface area contributed by atoms with Crippen LogP contribution in [0.2, 0.25) is 10.0 Å². The molecule has 1 amide bonds. The quantitative estimate of drug-likeness (QED) is 0.522. The van der Waals surface area contributed by atoms with Crippen LogP contribution in [0.1, 0.15) is 29.6 Å². The molecule has 4 rings (SSSR count). The minimum atomic E-state index is -0.256. The lowest BCUT2D eigenvalue weighted by Gasteiger charge is -2.25. The number of benzene rings is 2. The molecule has 144 valence electrons. The molecule has 4 nitrogen and oxygen atoms in total. The molecule has 0 saturated carbocycles. The first kappa shape index (κ1) is 19.2. The number of carbonyl (C=O) groups excluding carboxylic acids is 1. The van der Waals surface area contributed by atoms with Crippen LogP contribution in [-0.4, -0.2) is 24.0 Å². The predicted molar refractivity (Wildman–Crippen MR) is 118 cm³/mol. The molecule has 28 heavy (non-hydrogen) atoms. The molecule has 1 N–H and O–H groups in total. The number of carbonyl (C=O) groups is 1. The van der Waals surface area contributed by atoms with Gasteiger partial charge in [-0.25, -0.2) is 4.98 Å². The SMILES string of the molecule is O=C(Nc1cccc(-c2csc(N3CCCCC3)n2)c1)c1cc(Cl)cc(Cl)c1. The number of amides is 1. The van der Waals surface area contributed by atoms with Crippen molar-refractivity contribution < 1.29 is 4.79 Å². The van der Waals surface area contributed by atoms with E-state index in [4.69, 9.17) is 28.2 Å². The monoisotopic (exact) mass is 431 g/mol. The number of nitrogens with one attached hydrogen (secondary N) is 1. The van der Waals surface area contributed by atoms with Gasteiger partial charge in [0.2, 0.25) is 0 Å². The van der Waals surface area contributed by atoms with Crippen LogP contribution >= 0.6 is 34.5 Å². The molecular weight excluding hydrogens is 413 g/mol. The predicted octanol–water partition coefficient (Wildman–Crippen LogP) is 6.36. The molecule has 0 atom stereocenters. The Morgan fingerprint density at radius 2 is 1.79 bits per heavy atom. The van der Waals surface area contributed by atoms with Gasteiger partial charge in [-0.2, -0.15) is 0 Å². The van der Waals surface area contributed by atoms with Gasteiger partial charge in [0.25, 0.3) is 5.91 Å². The highest BCUT2D eigenvalue weighted by molar-refractivity contribution is 7.14. The number of hydrogen-bond donors (Lipinski definition) is 1. The molecule has 0 aliphatic carbocycles. The summed E-state index contributed by atoms with van der Waals surface area (Å²) >= 11 is 13.7. The lowest BCUT2D eigenvalue weighted by Crippen LogP contribution is -2.29. The van der Waals surface area contributed by atoms with Crippen molar-refractivity contribution >= 4 is 51.3 Å². The highest BCUT2D eigenvalue weighted by Gasteiger charge is 2.15. The van der Waals surface area contributed by atoms with E-state index in [9.17, 15) is 4.79 Å². The van der Waals surface area contributed by atoms with E-state index in [1.54, 1.807) is 29.5 Å². The van der Waals surface area contributed by atoms with Gasteiger partial charge in [-0.05, 0) is 49.6 Å². The number of hydrogen-bond acceptors (Lipinski definition) is 4. The van der Waals surface area contributed by atoms with Crippen LogP contribution in [0, 0.1) is 0 Å². The van der Waals surface area contributed by atoms with Crippen molar-refractivity contribution in [3.63, 3.8) is 0 Å². The van der Waals surface area contributed by atoms with Gasteiger partial charge in [0.05, 0.1) is 5.69 Å². The third-order valence-electron chi connectivity index (χ3n) is 4.66. The molecule has 0 radical (unpaired) electrons. The molecule has 1 saturated heterocycles. The molecule has 0 bridgehead atoms. The van der Waals surface area contributed by atoms with Crippen LogP contribution in [0.3, 0.4) is 0 Å². The highest BCUT2D eigenvalue weighted by atomic mass is 35.5. The topological polar surface area (TPSA) is 45.2 Å². The van der Waals surface area contributed by atoms with Gasteiger partial charge >= 0.3 is 0 Å². The first-order valence-electron chi connectivity index (χ1n) is 9.17. The van der Waals surface area contributed by atoms with E-state index in [0.717, 1.165) is 29.5 Å². The lowest BCUT2D eigenvalue weighted by atomic mass is 10.1. The molecule has 7 heteroatoms. The largest absolute Gasteiger partial charge is 0.348 e. The molecule has 1 fully saturated rings. The maximum Gasteiger partial charge on any atom is 0.255 e. The van der Waals surface area contributed by atoms with Crippen LogP contribution in [0.15, 0.2) is 47.8 Å². The third-order valence-corrected chi connectivity index (χ3v) is 6.00. The fraction of sp³-hybridized carbons (Fsp3) is 0.238. The molecule has 1 aliphatic rings. The number of halogens is 2. The van der Waals surface area contributed by atoms with E-state index in [1.807, 2.05) is 24.3 Å². The van der Waals surface area contributed by atoms with E-state index in [-0.39, 0.29) is 5.91 Å². The Hall–Kier alpha value is -2.08. The van der Waals surface area contributed by atoms with Gasteiger partial charge in [-0.1, -0.05) is 35.3 Å². The summed E-state index contributed by atoms with van der Waals surface area (Å²) in [7, 11) is 0. The average molecular weight is 432 g/mol. The van der Waals surface area contributed by atoms with Gasteiger partial charge in [0.1, 0.15) is 0 Å². The Morgan fingerprint density at radius 1 is 1.04 bits per heavy atom. The normalized spacial score (nSPS) is 14.1. The standard InChI is InChI=1S/C21H19Cl2N3OS/c22-16-9-15(10-17(23)12-16)20(27)24-18-6-4-5-14(11-18)19-13-28-21(25-19)26-7-2-1-3-8-26/h4-6,9-13H,1-3,7-8H2,(H,24,27). The van der Waals surface area contributed by atoms with Gasteiger partial charge < -0.3 is 10.2 Å². The number of nitrogens with zero attached hydrogens (tertiary/aromatic N) is 2. The van der Waals surface area contributed by atoms with E-state index in [2.05, 4.69) is 15.6 Å². The summed E-state index contributed by atoms with van der Waals surface area (Å²) in [4.78, 5) is 19.7. The second kappa shape index (κ2) is 8.52. The van der Waals surface area contributed by atoms with Crippen molar-refractivity contribution in [3.05, 3.63) is 63.5 Å². The van der Waals surface area contributed by atoms with Crippen molar-refractivity contribution in [1.82, 2.24) is 4.98 Å². The number of aromatic nitrogens is 1. The number of anilines is 2. The van der Waals surface area contributed by atoms with Gasteiger partial charge in [0.15, 0.2) is 5.13 Å². The first-order chi connectivity index (χ1) is 13.6. The van der Waals surface area contributed by atoms with E-state index in [0.29, 0.717) is 21.3 Å². The Kier molecular flexibility index (Phi) is 5.85. The van der Waals surface area contributed by atoms with Crippen LogP contribution < -0.4 is 10.2 Å². The second-order valence-electron chi connectivity index (χ2n) is 6.76. The van der Waals surface area contributed by atoms with Crippen molar-refractivity contribution in [2.45, 2.75) is 19.3 Å². The van der Waals surface area contributed by atoms with Crippen LogP contribution in [0.5, 0.6) is 0 Å². The van der Waals surface area contributed by atoms with Gasteiger partial charge in [-0.3, -0.25) is 4.79 Å². The van der Waals surface area contributed by atoms with Crippen molar-refractivity contribution in [2.24, 2.45) is 0 Å².